The number of rotatable bonds is 7. The zero-order chi connectivity index (χ0) is 20.6. The molecule has 0 unspecified atom stereocenters. The van der Waals surface area contributed by atoms with E-state index >= 15 is 0 Å². The molecule has 0 spiro atoms. The molecule has 1 aliphatic carbocycles. The number of fused-ring (bicyclic) bond motifs is 1. The number of hydrogen-bond donors (Lipinski definition) is 2. The van der Waals surface area contributed by atoms with Gasteiger partial charge in [-0.25, -0.2) is 4.79 Å². The number of nitrogens with one attached hydrogen (secondary N) is 2. The van der Waals surface area contributed by atoms with Crippen molar-refractivity contribution in [1.29, 1.82) is 0 Å². The topological polar surface area (TPSA) is 80.4 Å². The summed E-state index contributed by atoms with van der Waals surface area (Å²) < 4.78 is 10.9. The van der Waals surface area contributed by atoms with Crippen LogP contribution in [0.5, 0.6) is 0 Å². The van der Waals surface area contributed by atoms with Crippen molar-refractivity contribution in [1.82, 2.24) is 10.3 Å². The minimum Gasteiger partial charge on any atom is -0.463 e. The van der Waals surface area contributed by atoms with Crippen molar-refractivity contribution in [2.45, 2.75) is 77.4 Å². The molecule has 0 radical (unpaired) electrons. The normalized spacial score (nSPS) is 15.3. The van der Waals surface area contributed by atoms with Gasteiger partial charge in [0.05, 0.1) is 12.5 Å². The van der Waals surface area contributed by atoms with Crippen LogP contribution in [-0.2, 0) is 27.1 Å². The first-order chi connectivity index (χ1) is 14.0. The van der Waals surface area contributed by atoms with E-state index in [1.54, 1.807) is 0 Å². The number of benzene rings is 1. The first-order valence-corrected chi connectivity index (χ1v) is 10.8. The van der Waals surface area contributed by atoms with Crippen molar-refractivity contribution < 1.29 is 19.1 Å². The van der Waals surface area contributed by atoms with Crippen LogP contribution in [0.15, 0.2) is 24.3 Å². The van der Waals surface area contributed by atoms with Gasteiger partial charge in [-0.1, -0.05) is 31.0 Å². The summed E-state index contributed by atoms with van der Waals surface area (Å²) in [6.07, 6.45) is 6.97. The Balaban J connectivity index is 1.60. The van der Waals surface area contributed by atoms with E-state index in [2.05, 4.69) is 10.3 Å². The van der Waals surface area contributed by atoms with Gasteiger partial charge in [0.1, 0.15) is 6.10 Å². The van der Waals surface area contributed by atoms with Gasteiger partial charge in [-0.15, -0.1) is 0 Å². The zero-order valence-corrected chi connectivity index (χ0v) is 17.5. The molecule has 158 valence electrons. The van der Waals surface area contributed by atoms with Gasteiger partial charge in [0.25, 0.3) is 0 Å². The minimum atomic E-state index is -0.350. The van der Waals surface area contributed by atoms with E-state index in [9.17, 15) is 9.59 Å². The number of ether oxygens (including phenoxy) is 2. The number of aromatic amines is 1. The van der Waals surface area contributed by atoms with E-state index in [4.69, 9.17) is 9.47 Å². The maximum absolute atomic E-state index is 12.2. The van der Waals surface area contributed by atoms with Crippen LogP contribution in [0, 0.1) is 0 Å². The standard InChI is InChI=1S/C23H32N2O4/c1-16(2)28-22(26)15-21-19(18-11-7-8-12-20(18)25-21)13-14-24-23(27)29-17-9-5-3-4-6-10-17/h7-8,11-12,16-17,25H,3-6,9-10,13-15H2,1-2H3,(H,24,27). The third kappa shape index (κ3) is 6.24. The summed E-state index contributed by atoms with van der Waals surface area (Å²) >= 11 is 0. The monoisotopic (exact) mass is 400 g/mol. The molecule has 1 saturated carbocycles. The molecule has 1 heterocycles. The maximum Gasteiger partial charge on any atom is 0.407 e. The quantitative estimate of drug-likeness (QED) is 0.523. The molecule has 3 rings (SSSR count). The maximum atomic E-state index is 12.2. The third-order valence-electron chi connectivity index (χ3n) is 5.31. The number of para-hydroxylation sites is 1. The van der Waals surface area contributed by atoms with Crippen molar-refractivity contribution in [3.05, 3.63) is 35.5 Å². The van der Waals surface area contributed by atoms with Crippen LogP contribution in [0.25, 0.3) is 10.9 Å². The summed E-state index contributed by atoms with van der Waals surface area (Å²) in [6.45, 7) is 4.14. The van der Waals surface area contributed by atoms with Crippen LogP contribution in [0.4, 0.5) is 4.79 Å². The van der Waals surface area contributed by atoms with E-state index in [-0.39, 0.29) is 30.7 Å². The summed E-state index contributed by atoms with van der Waals surface area (Å²) in [5.41, 5.74) is 2.86. The lowest BCUT2D eigenvalue weighted by atomic mass is 10.1. The molecule has 0 bridgehead atoms. The van der Waals surface area contributed by atoms with E-state index in [0.717, 1.165) is 47.8 Å². The Kier molecular flexibility index (Phi) is 7.55. The van der Waals surface area contributed by atoms with Gasteiger partial charge in [-0.2, -0.15) is 0 Å². The number of hydrogen-bond acceptors (Lipinski definition) is 4. The van der Waals surface area contributed by atoms with Crippen LogP contribution in [0.2, 0.25) is 0 Å². The molecule has 2 N–H and O–H groups in total. The lowest BCUT2D eigenvalue weighted by Gasteiger charge is -2.16. The fourth-order valence-electron chi connectivity index (χ4n) is 3.98. The molecule has 1 amide bonds. The molecule has 6 nitrogen and oxygen atoms in total. The average molecular weight is 401 g/mol. The number of aromatic nitrogens is 1. The van der Waals surface area contributed by atoms with E-state index in [0.29, 0.717) is 13.0 Å². The van der Waals surface area contributed by atoms with Crippen LogP contribution >= 0.6 is 0 Å². The highest BCUT2D eigenvalue weighted by Crippen LogP contribution is 2.24. The van der Waals surface area contributed by atoms with Gasteiger partial charge in [0.15, 0.2) is 0 Å². The number of carbonyl (C=O) groups excluding carboxylic acids is 2. The highest BCUT2D eigenvalue weighted by molar-refractivity contribution is 5.86. The van der Waals surface area contributed by atoms with Crippen LogP contribution < -0.4 is 5.32 Å². The minimum absolute atomic E-state index is 0.0342. The Morgan fingerprint density at radius 1 is 1.14 bits per heavy atom. The smallest absolute Gasteiger partial charge is 0.407 e. The molecule has 1 aromatic heterocycles. The summed E-state index contributed by atoms with van der Waals surface area (Å²) in [7, 11) is 0. The van der Waals surface area contributed by atoms with Crippen molar-refractivity contribution in [2.24, 2.45) is 0 Å². The summed E-state index contributed by atoms with van der Waals surface area (Å²) in [5, 5.41) is 3.94. The molecule has 29 heavy (non-hydrogen) atoms. The van der Waals surface area contributed by atoms with Gasteiger partial charge in [0.2, 0.25) is 0 Å². The van der Waals surface area contributed by atoms with Crippen molar-refractivity contribution >= 4 is 23.0 Å². The van der Waals surface area contributed by atoms with Gasteiger partial charge < -0.3 is 19.8 Å². The Hall–Kier alpha value is -2.50. The highest BCUT2D eigenvalue weighted by Gasteiger charge is 2.18. The number of amides is 1. The summed E-state index contributed by atoms with van der Waals surface area (Å²) in [4.78, 5) is 27.7. The summed E-state index contributed by atoms with van der Waals surface area (Å²) in [6, 6.07) is 7.96. The number of alkyl carbamates (subject to hydrolysis) is 1. The predicted molar refractivity (Wildman–Crippen MR) is 113 cm³/mol. The van der Waals surface area contributed by atoms with Crippen LogP contribution in [-0.4, -0.2) is 35.8 Å². The fraction of sp³-hybridized carbons (Fsp3) is 0.565. The Morgan fingerprint density at radius 2 is 1.86 bits per heavy atom. The van der Waals surface area contributed by atoms with Crippen LogP contribution in [0.3, 0.4) is 0 Å². The van der Waals surface area contributed by atoms with Gasteiger partial charge in [-0.3, -0.25) is 4.79 Å². The SMILES string of the molecule is CC(C)OC(=O)Cc1[nH]c2ccccc2c1CCNC(=O)OC1CCCCCC1. The molecular formula is C23H32N2O4. The first kappa shape index (κ1) is 21.2. The largest absolute Gasteiger partial charge is 0.463 e. The Bertz CT molecular complexity index is 819. The predicted octanol–water partition coefficient (Wildman–Crippen LogP) is 4.65. The highest BCUT2D eigenvalue weighted by atomic mass is 16.6. The third-order valence-corrected chi connectivity index (χ3v) is 5.31. The summed E-state index contributed by atoms with van der Waals surface area (Å²) in [5.74, 6) is -0.256. The van der Waals surface area contributed by atoms with Crippen molar-refractivity contribution in [2.75, 3.05) is 6.54 Å². The molecule has 1 fully saturated rings. The van der Waals surface area contributed by atoms with Crippen molar-refractivity contribution in [3.63, 3.8) is 0 Å². The van der Waals surface area contributed by atoms with Gasteiger partial charge >= 0.3 is 12.1 Å². The molecule has 6 heteroatoms. The molecular weight excluding hydrogens is 368 g/mol. The Morgan fingerprint density at radius 3 is 2.59 bits per heavy atom. The number of esters is 1. The molecule has 0 saturated heterocycles. The second-order valence-electron chi connectivity index (χ2n) is 8.04. The van der Waals surface area contributed by atoms with Crippen molar-refractivity contribution in [3.8, 4) is 0 Å². The molecule has 2 aromatic rings. The zero-order valence-electron chi connectivity index (χ0n) is 17.5. The van der Waals surface area contributed by atoms with E-state index in [1.807, 2.05) is 38.1 Å². The van der Waals surface area contributed by atoms with Crippen LogP contribution in [0.1, 0.15) is 63.6 Å². The molecule has 0 aliphatic heterocycles. The lowest BCUT2D eigenvalue weighted by Crippen LogP contribution is -2.30. The molecule has 1 aromatic carbocycles. The van der Waals surface area contributed by atoms with E-state index < -0.39 is 0 Å². The van der Waals surface area contributed by atoms with Gasteiger partial charge in [-0.05, 0) is 57.6 Å². The second kappa shape index (κ2) is 10.3. The fourth-order valence-corrected chi connectivity index (χ4v) is 3.98. The lowest BCUT2D eigenvalue weighted by molar-refractivity contribution is -0.146. The molecule has 0 atom stereocenters. The Labute approximate surface area is 172 Å². The average Bonchev–Trinajstić information content (AvgIpc) is 2.82. The number of H-pyrrole nitrogens is 1. The number of carbonyl (C=O) groups is 2. The second-order valence-corrected chi connectivity index (χ2v) is 8.04. The first-order valence-electron chi connectivity index (χ1n) is 10.8. The molecule has 1 aliphatic rings. The van der Waals surface area contributed by atoms with Gasteiger partial charge in [0, 0.05) is 23.1 Å². The van der Waals surface area contributed by atoms with E-state index in [1.165, 1.54) is 12.8 Å².